The van der Waals surface area contributed by atoms with Gasteiger partial charge in [-0.2, -0.15) is 0 Å². The van der Waals surface area contributed by atoms with Crippen LogP contribution in [0, 0.1) is 11.8 Å². The van der Waals surface area contributed by atoms with E-state index in [-0.39, 0.29) is 17.3 Å². The van der Waals surface area contributed by atoms with E-state index in [1.165, 1.54) is 18.4 Å². The van der Waals surface area contributed by atoms with E-state index in [1.807, 2.05) is 13.0 Å². The predicted octanol–water partition coefficient (Wildman–Crippen LogP) is 2.92. The highest BCUT2D eigenvalue weighted by Crippen LogP contribution is 2.69. The summed E-state index contributed by atoms with van der Waals surface area (Å²) in [5, 5.41) is 0. The average Bonchev–Trinajstić information content (AvgIpc) is 2.81. The van der Waals surface area contributed by atoms with Crippen molar-refractivity contribution in [3.8, 4) is 0 Å². The number of hydrogen-bond acceptors (Lipinski definition) is 2. The van der Waals surface area contributed by atoms with Crippen molar-refractivity contribution < 1.29 is 9.53 Å². The van der Waals surface area contributed by atoms with Crippen molar-refractivity contribution in [1.29, 1.82) is 0 Å². The quantitative estimate of drug-likeness (QED) is 0.746. The number of ether oxygens (including phenoxy) is 1. The highest BCUT2D eigenvalue weighted by atomic mass is 16.5. The number of esters is 1. The molecule has 0 amide bonds. The maximum Gasteiger partial charge on any atom is 0.310 e. The number of fused-ring (bicyclic) bond motifs is 1. The number of carbonyl (C=O) groups excluding carboxylic acids is 1. The summed E-state index contributed by atoms with van der Waals surface area (Å²) in [4.78, 5) is 12.0. The van der Waals surface area contributed by atoms with Crippen LogP contribution in [0.15, 0.2) is 30.3 Å². The van der Waals surface area contributed by atoms with Crippen LogP contribution in [0.1, 0.15) is 31.7 Å². The zero-order chi connectivity index (χ0) is 11.9. The van der Waals surface area contributed by atoms with Gasteiger partial charge in [-0.15, -0.1) is 0 Å². The summed E-state index contributed by atoms with van der Waals surface area (Å²) in [5.74, 6) is 0.670. The van der Waals surface area contributed by atoms with Gasteiger partial charge in [0, 0.05) is 5.41 Å². The molecule has 2 nitrogen and oxygen atoms in total. The lowest BCUT2D eigenvalue weighted by atomic mass is 9.90. The van der Waals surface area contributed by atoms with E-state index in [0.717, 1.165) is 6.42 Å². The Balaban J connectivity index is 1.89. The highest BCUT2D eigenvalue weighted by Gasteiger charge is 2.70. The maximum atomic E-state index is 12.0. The lowest BCUT2D eigenvalue weighted by molar-refractivity contribution is -0.145. The van der Waals surface area contributed by atoms with Gasteiger partial charge in [0.05, 0.1) is 12.5 Å². The first-order valence-electron chi connectivity index (χ1n) is 6.53. The zero-order valence-corrected chi connectivity index (χ0v) is 10.2. The van der Waals surface area contributed by atoms with Gasteiger partial charge in [-0.25, -0.2) is 0 Å². The fraction of sp³-hybridized carbons (Fsp3) is 0.533. The molecule has 3 rings (SSSR count). The second-order valence-corrected chi connectivity index (χ2v) is 5.13. The molecule has 0 radical (unpaired) electrons. The largest absolute Gasteiger partial charge is 0.466 e. The predicted molar refractivity (Wildman–Crippen MR) is 65.6 cm³/mol. The van der Waals surface area contributed by atoms with Gasteiger partial charge in [0.25, 0.3) is 0 Å². The fourth-order valence-corrected chi connectivity index (χ4v) is 3.79. The smallest absolute Gasteiger partial charge is 0.310 e. The van der Waals surface area contributed by atoms with Crippen LogP contribution >= 0.6 is 0 Å². The molecule has 90 valence electrons. The van der Waals surface area contributed by atoms with Crippen LogP contribution in [-0.4, -0.2) is 12.6 Å². The van der Waals surface area contributed by atoms with E-state index in [0.29, 0.717) is 12.5 Å². The second-order valence-electron chi connectivity index (χ2n) is 5.13. The van der Waals surface area contributed by atoms with Gasteiger partial charge in [0.1, 0.15) is 0 Å². The fourth-order valence-electron chi connectivity index (χ4n) is 3.79. The number of carbonyl (C=O) groups is 1. The maximum absolute atomic E-state index is 12.0. The van der Waals surface area contributed by atoms with E-state index in [9.17, 15) is 4.79 Å². The summed E-state index contributed by atoms with van der Waals surface area (Å²) >= 11 is 0. The molecule has 17 heavy (non-hydrogen) atoms. The molecule has 2 aliphatic rings. The van der Waals surface area contributed by atoms with Gasteiger partial charge in [0.2, 0.25) is 0 Å². The lowest BCUT2D eigenvalue weighted by Crippen LogP contribution is -2.17. The van der Waals surface area contributed by atoms with E-state index in [4.69, 9.17) is 4.74 Å². The Morgan fingerprint density at radius 2 is 2.18 bits per heavy atom. The van der Waals surface area contributed by atoms with Crippen LogP contribution in [0.4, 0.5) is 0 Å². The minimum atomic E-state index is 0.0149. The molecule has 1 aromatic rings. The number of rotatable bonds is 3. The Labute approximate surface area is 102 Å². The summed E-state index contributed by atoms with van der Waals surface area (Å²) < 4.78 is 5.21. The summed E-state index contributed by atoms with van der Waals surface area (Å²) in [6.07, 6.45) is 3.57. The van der Waals surface area contributed by atoms with E-state index < -0.39 is 0 Å². The van der Waals surface area contributed by atoms with Crippen molar-refractivity contribution in [3.63, 3.8) is 0 Å². The minimum absolute atomic E-state index is 0.0149. The van der Waals surface area contributed by atoms with Crippen molar-refractivity contribution in [2.45, 2.75) is 31.6 Å². The topological polar surface area (TPSA) is 26.3 Å². The van der Waals surface area contributed by atoms with E-state index in [2.05, 4.69) is 24.3 Å². The summed E-state index contributed by atoms with van der Waals surface area (Å²) in [6.45, 7) is 2.37. The van der Waals surface area contributed by atoms with Crippen molar-refractivity contribution >= 4 is 5.97 Å². The molecular weight excluding hydrogens is 212 g/mol. The van der Waals surface area contributed by atoms with Crippen molar-refractivity contribution in [2.75, 3.05) is 6.61 Å². The van der Waals surface area contributed by atoms with Crippen molar-refractivity contribution in [1.82, 2.24) is 0 Å². The van der Waals surface area contributed by atoms with Crippen LogP contribution < -0.4 is 0 Å². The molecule has 2 fully saturated rings. The Morgan fingerprint density at radius 3 is 2.88 bits per heavy atom. The average molecular weight is 230 g/mol. The molecule has 0 aromatic heterocycles. The van der Waals surface area contributed by atoms with Gasteiger partial charge in [-0.05, 0) is 31.2 Å². The van der Waals surface area contributed by atoms with Crippen molar-refractivity contribution in [3.05, 3.63) is 35.9 Å². The minimum Gasteiger partial charge on any atom is -0.466 e. The third kappa shape index (κ3) is 1.43. The normalized spacial score (nSPS) is 34.2. The molecule has 0 unspecified atom stereocenters. The monoisotopic (exact) mass is 230 g/mol. The molecule has 2 saturated carbocycles. The van der Waals surface area contributed by atoms with Crippen LogP contribution in [0.25, 0.3) is 0 Å². The SMILES string of the molecule is CCOC(=O)[C@@H]1[C@H]2CCC[C@]21c1ccccc1. The Bertz CT molecular complexity index is 426. The summed E-state index contributed by atoms with van der Waals surface area (Å²) in [5.41, 5.74) is 1.45. The van der Waals surface area contributed by atoms with Gasteiger partial charge >= 0.3 is 5.97 Å². The van der Waals surface area contributed by atoms with Gasteiger partial charge in [-0.3, -0.25) is 4.79 Å². The van der Waals surface area contributed by atoms with Crippen LogP contribution in [-0.2, 0) is 14.9 Å². The van der Waals surface area contributed by atoms with Crippen molar-refractivity contribution in [2.24, 2.45) is 11.8 Å². The zero-order valence-electron chi connectivity index (χ0n) is 10.2. The van der Waals surface area contributed by atoms with Crippen LogP contribution in [0.2, 0.25) is 0 Å². The highest BCUT2D eigenvalue weighted by molar-refractivity contribution is 5.80. The van der Waals surface area contributed by atoms with E-state index in [1.54, 1.807) is 0 Å². The first kappa shape index (κ1) is 10.8. The molecule has 2 heteroatoms. The van der Waals surface area contributed by atoms with Crippen LogP contribution in [0.5, 0.6) is 0 Å². The number of hydrogen-bond donors (Lipinski definition) is 0. The van der Waals surface area contributed by atoms with Gasteiger partial charge in [-0.1, -0.05) is 36.8 Å². The number of benzene rings is 1. The molecule has 0 saturated heterocycles. The van der Waals surface area contributed by atoms with Gasteiger partial charge < -0.3 is 4.74 Å². The lowest BCUT2D eigenvalue weighted by Gasteiger charge is -2.15. The summed E-state index contributed by atoms with van der Waals surface area (Å²) in [7, 11) is 0. The molecule has 0 heterocycles. The molecule has 0 bridgehead atoms. The Morgan fingerprint density at radius 1 is 1.41 bits per heavy atom. The third-order valence-electron chi connectivity index (χ3n) is 4.47. The molecule has 0 aliphatic heterocycles. The molecule has 0 N–H and O–H groups in total. The molecular formula is C15H18O2. The van der Waals surface area contributed by atoms with Gasteiger partial charge in [0.15, 0.2) is 0 Å². The summed E-state index contributed by atoms with van der Waals surface area (Å²) in [6, 6.07) is 10.5. The third-order valence-corrected chi connectivity index (χ3v) is 4.47. The Kier molecular flexibility index (Phi) is 2.46. The molecule has 1 aromatic carbocycles. The second kappa shape index (κ2) is 3.86. The molecule has 0 spiro atoms. The first-order valence-corrected chi connectivity index (χ1v) is 6.53. The Hall–Kier alpha value is -1.31. The standard InChI is InChI=1S/C15H18O2/c1-2-17-14(16)13-12-9-6-10-15(12,13)11-7-4-3-5-8-11/h3-5,7-8,12-13H,2,6,9-10H2,1H3/t12-,13+,15+/m1/s1. The molecule has 2 aliphatic carbocycles. The first-order chi connectivity index (χ1) is 8.30. The van der Waals surface area contributed by atoms with E-state index >= 15 is 0 Å². The van der Waals surface area contributed by atoms with Crippen LogP contribution in [0.3, 0.4) is 0 Å². The molecule has 3 atom stereocenters.